The van der Waals surface area contributed by atoms with Crippen molar-refractivity contribution in [2.24, 2.45) is 0 Å². The molecule has 144 valence electrons. The third kappa shape index (κ3) is 4.95. The van der Waals surface area contributed by atoms with Crippen molar-refractivity contribution in [1.29, 1.82) is 0 Å². The lowest BCUT2D eigenvalue weighted by atomic mass is 10.1. The smallest absolute Gasteiger partial charge is 0.253 e. The highest BCUT2D eigenvalue weighted by atomic mass is 32.1. The minimum atomic E-state index is -0.170. The van der Waals surface area contributed by atoms with Crippen LogP contribution in [0.25, 0.3) is 11.3 Å². The van der Waals surface area contributed by atoms with Crippen molar-refractivity contribution in [1.82, 2.24) is 9.88 Å². The standard InChI is InChI=1S/C21H22N4O2S/c1-14-23-19(13-28-14)15-6-4-9-18(10-15)24-20(26)12-22-17-8-5-7-16(11-17)21(27)25(2)3/h4-11,13,22H,12H2,1-3H3,(H,24,26). The molecule has 0 unspecified atom stereocenters. The Bertz CT molecular complexity index is 997. The molecule has 2 N–H and O–H groups in total. The van der Waals surface area contributed by atoms with Gasteiger partial charge in [0, 0.05) is 42.0 Å². The van der Waals surface area contributed by atoms with Crippen molar-refractivity contribution in [3.05, 3.63) is 64.5 Å². The highest BCUT2D eigenvalue weighted by Gasteiger charge is 2.09. The number of nitrogens with one attached hydrogen (secondary N) is 2. The molecular weight excluding hydrogens is 372 g/mol. The van der Waals surface area contributed by atoms with E-state index in [1.807, 2.05) is 42.6 Å². The minimum Gasteiger partial charge on any atom is -0.376 e. The van der Waals surface area contributed by atoms with E-state index < -0.39 is 0 Å². The van der Waals surface area contributed by atoms with Crippen molar-refractivity contribution < 1.29 is 9.59 Å². The summed E-state index contributed by atoms with van der Waals surface area (Å²) in [5.74, 6) is -0.252. The lowest BCUT2D eigenvalue weighted by Gasteiger charge is -2.12. The van der Waals surface area contributed by atoms with Gasteiger partial charge < -0.3 is 15.5 Å². The number of carbonyl (C=O) groups excluding carboxylic acids is 2. The van der Waals surface area contributed by atoms with Crippen LogP contribution >= 0.6 is 11.3 Å². The molecule has 0 saturated carbocycles. The molecule has 1 aromatic heterocycles. The zero-order chi connectivity index (χ0) is 20.1. The molecule has 3 aromatic rings. The number of thiazole rings is 1. The second-order valence-electron chi connectivity index (χ2n) is 6.51. The van der Waals surface area contributed by atoms with E-state index in [-0.39, 0.29) is 18.4 Å². The Morgan fingerprint density at radius 2 is 1.82 bits per heavy atom. The Labute approximate surface area is 168 Å². The molecule has 0 saturated heterocycles. The van der Waals surface area contributed by atoms with Gasteiger partial charge in [-0.2, -0.15) is 0 Å². The SMILES string of the molecule is Cc1nc(-c2cccc(NC(=O)CNc3cccc(C(=O)N(C)C)c3)c2)cs1. The van der Waals surface area contributed by atoms with Gasteiger partial charge >= 0.3 is 0 Å². The molecule has 28 heavy (non-hydrogen) atoms. The summed E-state index contributed by atoms with van der Waals surface area (Å²) in [7, 11) is 3.41. The summed E-state index contributed by atoms with van der Waals surface area (Å²) in [6.45, 7) is 2.06. The fourth-order valence-corrected chi connectivity index (χ4v) is 3.28. The number of hydrogen-bond acceptors (Lipinski definition) is 5. The first-order valence-electron chi connectivity index (χ1n) is 8.80. The van der Waals surface area contributed by atoms with Crippen LogP contribution in [-0.2, 0) is 4.79 Å². The number of aryl methyl sites for hydroxylation is 1. The molecular formula is C21H22N4O2S. The molecule has 0 bridgehead atoms. The Kier molecular flexibility index (Phi) is 6.06. The van der Waals surface area contributed by atoms with Crippen LogP contribution in [0.4, 0.5) is 11.4 Å². The Hall–Kier alpha value is -3.19. The predicted molar refractivity (Wildman–Crippen MR) is 114 cm³/mol. The van der Waals surface area contributed by atoms with Crippen molar-refractivity contribution >= 4 is 34.5 Å². The van der Waals surface area contributed by atoms with Gasteiger partial charge in [-0.1, -0.05) is 18.2 Å². The number of hydrogen-bond donors (Lipinski definition) is 2. The van der Waals surface area contributed by atoms with Crippen LogP contribution in [0.2, 0.25) is 0 Å². The number of benzene rings is 2. The van der Waals surface area contributed by atoms with Crippen LogP contribution in [0, 0.1) is 6.92 Å². The van der Waals surface area contributed by atoms with Gasteiger partial charge in [0.25, 0.3) is 5.91 Å². The number of rotatable bonds is 6. The predicted octanol–water partition coefficient (Wildman–Crippen LogP) is 3.87. The van der Waals surface area contributed by atoms with Crippen molar-refractivity contribution in [2.45, 2.75) is 6.92 Å². The van der Waals surface area contributed by atoms with Crippen LogP contribution in [0.3, 0.4) is 0 Å². The summed E-state index contributed by atoms with van der Waals surface area (Å²) < 4.78 is 0. The molecule has 2 amide bonds. The zero-order valence-corrected chi connectivity index (χ0v) is 16.8. The first-order chi connectivity index (χ1) is 13.4. The van der Waals surface area contributed by atoms with Gasteiger partial charge in [-0.15, -0.1) is 11.3 Å². The van der Waals surface area contributed by atoms with Crippen molar-refractivity contribution in [2.75, 3.05) is 31.3 Å². The summed E-state index contributed by atoms with van der Waals surface area (Å²) >= 11 is 1.59. The number of anilines is 2. The average Bonchev–Trinajstić information content (AvgIpc) is 3.12. The molecule has 2 aromatic carbocycles. The maximum Gasteiger partial charge on any atom is 0.253 e. The third-order valence-electron chi connectivity index (χ3n) is 4.03. The van der Waals surface area contributed by atoms with Crippen LogP contribution in [0.1, 0.15) is 15.4 Å². The second-order valence-corrected chi connectivity index (χ2v) is 7.58. The topological polar surface area (TPSA) is 74.3 Å². The van der Waals surface area contributed by atoms with E-state index in [4.69, 9.17) is 0 Å². The highest BCUT2D eigenvalue weighted by molar-refractivity contribution is 7.09. The van der Waals surface area contributed by atoms with Gasteiger partial charge in [-0.25, -0.2) is 4.98 Å². The summed E-state index contributed by atoms with van der Waals surface area (Å²) in [4.78, 5) is 30.3. The van der Waals surface area contributed by atoms with E-state index in [9.17, 15) is 9.59 Å². The van der Waals surface area contributed by atoms with Crippen LogP contribution < -0.4 is 10.6 Å². The van der Waals surface area contributed by atoms with Crippen LogP contribution in [-0.4, -0.2) is 42.3 Å². The lowest BCUT2D eigenvalue weighted by Crippen LogP contribution is -2.23. The van der Waals surface area contributed by atoms with E-state index in [0.29, 0.717) is 11.3 Å². The largest absolute Gasteiger partial charge is 0.376 e. The number of amides is 2. The van der Waals surface area contributed by atoms with Crippen molar-refractivity contribution in [3.63, 3.8) is 0 Å². The number of nitrogens with zero attached hydrogens (tertiary/aromatic N) is 2. The van der Waals surface area contributed by atoms with E-state index in [2.05, 4.69) is 15.6 Å². The van der Waals surface area contributed by atoms with Gasteiger partial charge in [0.15, 0.2) is 0 Å². The van der Waals surface area contributed by atoms with Gasteiger partial charge in [-0.3, -0.25) is 9.59 Å². The molecule has 0 fully saturated rings. The summed E-state index contributed by atoms with van der Waals surface area (Å²) in [6.07, 6.45) is 0. The van der Waals surface area contributed by atoms with E-state index >= 15 is 0 Å². The quantitative estimate of drug-likeness (QED) is 0.666. The fourth-order valence-electron chi connectivity index (χ4n) is 2.66. The molecule has 0 aliphatic heterocycles. The Balaban J connectivity index is 1.61. The molecule has 6 nitrogen and oxygen atoms in total. The summed E-state index contributed by atoms with van der Waals surface area (Å²) in [5.41, 5.74) is 3.87. The Morgan fingerprint density at radius 1 is 1.07 bits per heavy atom. The lowest BCUT2D eigenvalue weighted by molar-refractivity contribution is -0.114. The molecule has 0 aliphatic carbocycles. The van der Waals surface area contributed by atoms with E-state index in [0.717, 1.165) is 22.0 Å². The van der Waals surface area contributed by atoms with Gasteiger partial charge in [0.2, 0.25) is 5.91 Å². The van der Waals surface area contributed by atoms with Gasteiger partial charge in [-0.05, 0) is 37.3 Å². The number of aromatic nitrogens is 1. The average molecular weight is 395 g/mol. The zero-order valence-electron chi connectivity index (χ0n) is 16.0. The van der Waals surface area contributed by atoms with Crippen molar-refractivity contribution in [3.8, 4) is 11.3 Å². The maximum absolute atomic E-state index is 12.3. The minimum absolute atomic E-state index is 0.0813. The highest BCUT2D eigenvalue weighted by Crippen LogP contribution is 2.24. The summed E-state index contributed by atoms with van der Waals surface area (Å²) in [5, 5.41) is 8.94. The normalized spacial score (nSPS) is 10.4. The Morgan fingerprint density at radius 3 is 2.54 bits per heavy atom. The van der Waals surface area contributed by atoms with Gasteiger partial charge in [0.05, 0.1) is 17.2 Å². The first-order valence-corrected chi connectivity index (χ1v) is 9.68. The molecule has 0 aliphatic rings. The molecule has 7 heteroatoms. The van der Waals surface area contributed by atoms with Crippen LogP contribution in [0.15, 0.2) is 53.9 Å². The first kappa shape index (κ1) is 19.6. The number of carbonyl (C=O) groups is 2. The molecule has 0 radical (unpaired) electrons. The molecule has 1 heterocycles. The third-order valence-corrected chi connectivity index (χ3v) is 4.80. The monoisotopic (exact) mass is 394 g/mol. The fraction of sp³-hybridized carbons (Fsp3) is 0.190. The van der Waals surface area contributed by atoms with E-state index in [1.165, 1.54) is 4.90 Å². The maximum atomic E-state index is 12.3. The second kappa shape index (κ2) is 8.67. The molecule has 0 spiro atoms. The van der Waals surface area contributed by atoms with E-state index in [1.54, 1.807) is 43.6 Å². The van der Waals surface area contributed by atoms with Gasteiger partial charge in [0.1, 0.15) is 0 Å². The summed E-state index contributed by atoms with van der Waals surface area (Å²) in [6, 6.07) is 14.7. The van der Waals surface area contributed by atoms with Crippen LogP contribution in [0.5, 0.6) is 0 Å². The molecule has 3 rings (SSSR count). The molecule has 0 atom stereocenters.